The number of hydrogen-bond donors (Lipinski definition) is 0. The van der Waals surface area contributed by atoms with E-state index in [1.165, 1.54) is 16.7 Å². The molecule has 0 aliphatic rings. The number of ether oxygens (including phenoxy) is 1. The summed E-state index contributed by atoms with van der Waals surface area (Å²) >= 11 is 1.20. The summed E-state index contributed by atoms with van der Waals surface area (Å²) in [5.74, 6) is -0.673. The molecule has 1 heterocycles. The molecule has 2 rings (SSSR count). The number of carbonyl (C=O) groups excluding carboxylic acids is 2. The van der Waals surface area contributed by atoms with Crippen molar-refractivity contribution in [3.05, 3.63) is 52.7 Å². The van der Waals surface area contributed by atoms with E-state index in [2.05, 4.69) is 11.1 Å². The quantitative estimate of drug-likeness (QED) is 0.525. The number of carbonyl (C=O) groups is 2. The molecule has 146 valence electrons. The van der Waals surface area contributed by atoms with Gasteiger partial charge in [0.15, 0.2) is 0 Å². The Labute approximate surface area is 169 Å². The highest BCUT2D eigenvalue weighted by Gasteiger charge is 2.21. The molecule has 1 amide bonds. The van der Waals surface area contributed by atoms with E-state index in [0.717, 1.165) is 16.8 Å². The molecule has 0 aliphatic heterocycles. The maximum atomic E-state index is 12.9. The van der Waals surface area contributed by atoms with Gasteiger partial charge in [-0.3, -0.25) is 9.59 Å². The van der Waals surface area contributed by atoms with Crippen LogP contribution < -0.4 is 4.90 Å². The first-order chi connectivity index (χ1) is 13.3. The Morgan fingerprint density at radius 1 is 1.21 bits per heavy atom. The number of aromatic nitrogens is 1. The van der Waals surface area contributed by atoms with Gasteiger partial charge >= 0.3 is 5.97 Å². The molecule has 1 aromatic carbocycles. The van der Waals surface area contributed by atoms with Crippen LogP contribution in [0.15, 0.2) is 35.4 Å². The number of esters is 1. The van der Waals surface area contributed by atoms with Crippen LogP contribution in [0.3, 0.4) is 0 Å². The van der Waals surface area contributed by atoms with Crippen LogP contribution in [0.25, 0.3) is 0 Å². The Kier molecular flexibility index (Phi) is 7.59. The number of pyridine rings is 1. The van der Waals surface area contributed by atoms with Gasteiger partial charge in [-0.15, -0.1) is 0 Å². The van der Waals surface area contributed by atoms with Crippen LogP contribution in [0, 0.1) is 32.1 Å². The second-order valence-electron chi connectivity index (χ2n) is 6.28. The SMILES string of the molecule is CCOC(=O)CN(C(=O)CSc1nc(C)cc(C)c1C#N)c1ccc(C)cc1. The number of nitrogens with zero attached hydrogens (tertiary/aromatic N) is 3. The lowest BCUT2D eigenvalue weighted by atomic mass is 10.1. The first kappa shape index (κ1) is 21.5. The van der Waals surface area contributed by atoms with Crippen LogP contribution in [0.4, 0.5) is 5.69 Å². The van der Waals surface area contributed by atoms with Gasteiger partial charge in [-0.25, -0.2) is 4.98 Å². The number of nitriles is 1. The first-order valence-electron chi connectivity index (χ1n) is 8.89. The van der Waals surface area contributed by atoms with Crippen LogP contribution in [0.5, 0.6) is 0 Å². The molecule has 0 N–H and O–H groups in total. The molecule has 0 fully saturated rings. The Bertz CT molecular complexity index is 904. The molecule has 2 aromatic rings. The van der Waals surface area contributed by atoms with Gasteiger partial charge in [0.25, 0.3) is 0 Å². The summed E-state index contributed by atoms with van der Waals surface area (Å²) in [7, 11) is 0. The molecule has 6 nitrogen and oxygen atoms in total. The van der Waals surface area contributed by atoms with E-state index in [4.69, 9.17) is 4.74 Å². The van der Waals surface area contributed by atoms with Crippen molar-refractivity contribution in [1.29, 1.82) is 5.26 Å². The van der Waals surface area contributed by atoms with Gasteiger partial charge in [-0.1, -0.05) is 29.5 Å². The van der Waals surface area contributed by atoms with Gasteiger partial charge in [-0.05, 0) is 51.5 Å². The fourth-order valence-corrected chi connectivity index (χ4v) is 3.61. The van der Waals surface area contributed by atoms with E-state index in [-0.39, 0.29) is 24.8 Å². The summed E-state index contributed by atoms with van der Waals surface area (Å²) in [6, 6.07) is 11.3. The normalized spacial score (nSPS) is 10.2. The predicted molar refractivity (Wildman–Crippen MR) is 109 cm³/mol. The summed E-state index contributed by atoms with van der Waals surface area (Å²) in [6.45, 7) is 7.45. The Morgan fingerprint density at radius 2 is 1.89 bits per heavy atom. The highest BCUT2D eigenvalue weighted by atomic mass is 32.2. The van der Waals surface area contributed by atoms with E-state index in [9.17, 15) is 14.9 Å². The topological polar surface area (TPSA) is 83.3 Å². The van der Waals surface area contributed by atoms with Crippen molar-refractivity contribution in [2.45, 2.75) is 32.7 Å². The minimum absolute atomic E-state index is 0.0534. The molecule has 7 heteroatoms. The van der Waals surface area contributed by atoms with E-state index in [0.29, 0.717) is 16.3 Å². The minimum atomic E-state index is -0.469. The van der Waals surface area contributed by atoms with E-state index >= 15 is 0 Å². The summed E-state index contributed by atoms with van der Waals surface area (Å²) in [5.41, 5.74) is 3.76. The third-order valence-corrected chi connectivity index (χ3v) is 4.96. The Balaban J connectivity index is 2.22. The van der Waals surface area contributed by atoms with Crippen molar-refractivity contribution < 1.29 is 14.3 Å². The van der Waals surface area contributed by atoms with E-state index < -0.39 is 5.97 Å². The largest absolute Gasteiger partial charge is 0.465 e. The predicted octanol–water partition coefficient (Wildman–Crippen LogP) is 3.57. The maximum Gasteiger partial charge on any atom is 0.326 e. The average molecular weight is 398 g/mol. The summed E-state index contributed by atoms with van der Waals surface area (Å²) in [6.07, 6.45) is 0. The molecule has 0 bridgehead atoms. The number of thioether (sulfide) groups is 1. The van der Waals surface area contributed by atoms with Crippen molar-refractivity contribution >= 4 is 29.3 Å². The summed E-state index contributed by atoms with van der Waals surface area (Å²) in [5, 5.41) is 9.91. The number of hydrogen-bond acceptors (Lipinski definition) is 6. The van der Waals surface area contributed by atoms with E-state index in [1.807, 2.05) is 39.0 Å². The van der Waals surface area contributed by atoms with Gasteiger partial charge in [-0.2, -0.15) is 5.26 Å². The molecular weight excluding hydrogens is 374 g/mol. The van der Waals surface area contributed by atoms with Gasteiger partial charge in [0, 0.05) is 11.4 Å². The molecule has 1 aromatic heterocycles. The summed E-state index contributed by atoms with van der Waals surface area (Å²) < 4.78 is 5.00. The standard InChI is InChI=1S/C21H23N3O3S/c1-5-27-20(26)12-24(17-8-6-14(2)7-9-17)19(25)13-28-21-18(11-22)15(3)10-16(4)23-21/h6-10H,5,12-13H2,1-4H3. The van der Waals surface area contributed by atoms with Crippen LogP contribution >= 0.6 is 11.8 Å². The number of rotatable bonds is 7. The molecule has 28 heavy (non-hydrogen) atoms. The second-order valence-corrected chi connectivity index (χ2v) is 7.25. The monoisotopic (exact) mass is 397 g/mol. The molecular formula is C21H23N3O3S. The molecule has 0 saturated carbocycles. The number of anilines is 1. The van der Waals surface area contributed by atoms with Gasteiger partial charge in [0.2, 0.25) is 5.91 Å². The Morgan fingerprint density at radius 3 is 2.50 bits per heavy atom. The third kappa shape index (κ3) is 5.57. The molecule has 0 atom stereocenters. The van der Waals surface area contributed by atoms with Crippen molar-refractivity contribution in [1.82, 2.24) is 4.98 Å². The third-order valence-electron chi connectivity index (χ3n) is 3.99. The van der Waals surface area contributed by atoms with Crippen molar-refractivity contribution in [3.8, 4) is 6.07 Å². The zero-order valence-electron chi connectivity index (χ0n) is 16.5. The van der Waals surface area contributed by atoms with Crippen LogP contribution in [-0.2, 0) is 14.3 Å². The highest BCUT2D eigenvalue weighted by Crippen LogP contribution is 2.25. The molecule has 0 aliphatic carbocycles. The lowest BCUT2D eigenvalue weighted by molar-refractivity contribution is -0.142. The minimum Gasteiger partial charge on any atom is -0.465 e. The van der Waals surface area contributed by atoms with Crippen LogP contribution in [0.1, 0.15) is 29.3 Å². The van der Waals surface area contributed by atoms with Gasteiger partial charge < -0.3 is 9.64 Å². The fraction of sp³-hybridized carbons (Fsp3) is 0.333. The second kappa shape index (κ2) is 9.90. The molecule has 0 unspecified atom stereocenters. The Hall–Kier alpha value is -2.85. The number of benzene rings is 1. The van der Waals surface area contributed by atoms with Crippen molar-refractivity contribution in [2.75, 3.05) is 23.8 Å². The molecule has 0 saturated heterocycles. The van der Waals surface area contributed by atoms with Gasteiger partial charge in [0.1, 0.15) is 17.6 Å². The lowest BCUT2D eigenvalue weighted by Gasteiger charge is -2.22. The zero-order valence-corrected chi connectivity index (χ0v) is 17.3. The van der Waals surface area contributed by atoms with Crippen LogP contribution in [-0.4, -0.2) is 35.8 Å². The average Bonchev–Trinajstić information content (AvgIpc) is 2.65. The highest BCUT2D eigenvalue weighted by molar-refractivity contribution is 8.00. The van der Waals surface area contributed by atoms with Gasteiger partial charge in [0.05, 0.1) is 17.9 Å². The number of amides is 1. The summed E-state index contributed by atoms with van der Waals surface area (Å²) in [4.78, 5) is 30.7. The smallest absolute Gasteiger partial charge is 0.326 e. The maximum absolute atomic E-state index is 12.9. The number of aryl methyl sites for hydroxylation is 3. The zero-order chi connectivity index (χ0) is 20.7. The molecule has 0 radical (unpaired) electrons. The van der Waals surface area contributed by atoms with Crippen LogP contribution in [0.2, 0.25) is 0 Å². The lowest BCUT2D eigenvalue weighted by Crippen LogP contribution is -2.37. The van der Waals surface area contributed by atoms with Crippen molar-refractivity contribution in [2.24, 2.45) is 0 Å². The fourth-order valence-electron chi connectivity index (χ4n) is 2.63. The molecule has 0 spiro atoms. The van der Waals surface area contributed by atoms with E-state index in [1.54, 1.807) is 19.1 Å². The van der Waals surface area contributed by atoms with Crippen molar-refractivity contribution in [3.63, 3.8) is 0 Å². The first-order valence-corrected chi connectivity index (χ1v) is 9.88.